The minimum Gasteiger partial charge on any atom is -0.376 e. The number of hydrogen-bond donors (Lipinski definition) is 2. The quantitative estimate of drug-likeness (QED) is 0.873. The predicted octanol–water partition coefficient (Wildman–Crippen LogP) is 3.10. The van der Waals surface area contributed by atoms with Crippen molar-refractivity contribution in [2.45, 2.75) is 45.6 Å². The van der Waals surface area contributed by atoms with Gasteiger partial charge in [0.05, 0.1) is 6.54 Å². The molecule has 1 aliphatic carbocycles. The largest absolute Gasteiger partial charge is 0.376 e. The van der Waals surface area contributed by atoms with Gasteiger partial charge in [0.1, 0.15) is 0 Å². The van der Waals surface area contributed by atoms with E-state index < -0.39 is 0 Å². The number of nitrogens with one attached hydrogen (secondary N) is 2. The van der Waals surface area contributed by atoms with Crippen LogP contribution in [-0.2, 0) is 4.79 Å². The van der Waals surface area contributed by atoms with Crippen LogP contribution in [0.3, 0.4) is 0 Å². The molecular formula is C16H24N2O. The molecule has 104 valence electrons. The molecule has 1 aromatic rings. The zero-order chi connectivity index (χ0) is 13.7. The van der Waals surface area contributed by atoms with Gasteiger partial charge in [0.25, 0.3) is 0 Å². The molecule has 2 atom stereocenters. The van der Waals surface area contributed by atoms with Crippen LogP contribution in [0, 0.1) is 12.8 Å². The molecule has 0 heterocycles. The van der Waals surface area contributed by atoms with Gasteiger partial charge >= 0.3 is 0 Å². The molecule has 1 amide bonds. The first-order chi connectivity index (χ1) is 9.16. The Labute approximate surface area is 115 Å². The normalized spacial score (nSPS) is 22.8. The van der Waals surface area contributed by atoms with Crippen molar-refractivity contribution in [2.24, 2.45) is 5.92 Å². The molecule has 0 aliphatic heterocycles. The number of amides is 1. The van der Waals surface area contributed by atoms with Crippen LogP contribution in [0.15, 0.2) is 24.3 Å². The highest BCUT2D eigenvalue weighted by molar-refractivity contribution is 5.81. The summed E-state index contributed by atoms with van der Waals surface area (Å²) in [5.74, 6) is 0.707. The number of aryl methyl sites for hydroxylation is 1. The van der Waals surface area contributed by atoms with E-state index in [1.54, 1.807) is 0 Å². The molecule has 2 N–H and O–H groups in total. The fourth-order valence-electron chi connectivity index (χ4n) is 2.74. The van der Waals surface area contributed by atoms with Crippen LogP contribution < -0.4 is 10.6 Å². The van der Waals surface area contributed by atoms with Crippen molar-refractivity contribution >= 4 is 11.6 Å². The van der Waals surface area contributed by atoms with Gasteiger partial charge in [0.2, 0.25) is 5.91 Å². The number of rotatable bonds is 4. The number of hydrogen-bond acceptors (Lipinski definition) is 2. The average molecular weight is 260 g/mol. The first kappa shape index (κ1) is 13.9. The Morgan fingerprint density at radius 1 is 1.26 bits per heavy atom. The van der Waals surface area contributed by atoms with E-state index in [1.807, 2.05) is 31.2 Å². The van der Waals surface area contributed by atoms with E-state index in [4.69, 9.17) is 0 Å². The minimum absolute atomic E-state index is 0.0991. The molecule has 0 radical (unpaired) electrons. The summed E-state index contributed by atoms with van der Waals surface area (Å²) in [6.07, 6.45) is 4.89. The van der Waals surface area contributed by atoms with Crippen molar-refractivity contribution in [3.63, 3.8) is 0 Å². The first-order valence-electron chi connectivity index (χ1n) is 7.25. The molecule has 2 rings (SSSR count). The van der Waals surface area contributed by atoms with Crippen LogP contribution in [0.5, 0.6) is 0 Å². The summed E-state index contributed by atoms with van der Waals surface area (Å²) in [5.41, 5.74) is 2.20. The molecular weight excluding hydrogens is 236 g/mol. The lowest BCUT2D eigenvalue weighted by molar-refractivity contribution is -0.120. The van der Waals surface area contributed by atoms with Crippen LogP contribution in [-0.4, -0.2) is 18.5 Å². The molecule has 0 spiro atoms. The predicted molar refractivity (Wildman–Crippen MR) is 79.2 cm³/mol. The maximum absolute atomic E-state index is 12.0. The molecule has 0 saturated heterocycles. The van der Waals surface area contributed by atoms with Crippen LogP contribution in [0.2, 0.25) is 0 Å². The van der Waals surface area contributed by atoms with Crippen LogP contribution in [0.1, 0.15) is 38.2 Å². The lowest BCUT2D eigenvalue weighted by Gasteiger charge is -2.29. The molecule has 1 saturated carbocycles. The van der Waals surface area contributed by atoms with Crippen LogP contribution in [0.25, 0.3) is 0 Å². The first-order valence-corrected chi connectivity index (χ1v) is 7.25. The Morgan fingerprint density at radius 2 is 2.00 bits per heavy atom. The molecule has 1 fully saturated rings. The van der Waals surface area contributed by atoms with Gasteiger partial charge in [-0.3, -0.25) is 4.79 Å². The minimum atomic E-state index is 0.0991. The SMILES string of the molecule is Cc1ccccc1NCC(=O)NC1CCCCC1C. The highest BCUT2D eigenvalue weighted by Crippen LogP contribution is 2.23. The van der Waals surface area contributed by atoms with Crippen LogP contribution >= 0.6 is 0 Å². The summed E-state index contributed by atoms with van der Waals surface area (Å²) < 4.78 is 0. The molecule has 3 heteroatoms. The molecule has 2 unspecified atom stereocenters. The Balaban J connectivity index is 1.80. The van der Waals surface area contributed by atoms with Gasteiger partial charge in [-0.05, 0) is 37.3 Å². The third-order valence-electron chi connectivity index (χ3n) is 4.04. The number of para-hydroxylation sites is 1. The average Bonchev–Trinajstić information content (AvgIpc) is 2.40. The molecule has 0 aromatic heterocycles. The molecule has 19 heavy (non-hydrogen) atoms. The Bertz CT molecular complexity index is 431. The maximum Gasteiger partial charge on any atom is 0.239 e. The van der Waals surface area contributed by atoms with E-state index in [0.29, 0.717) is 18.5 Å². The Kier molecular flexibility index (Phi) is 4.83. The van der Waals surface area contributed by atoms with E-state index in [2.05, 4.69) is 17.6 Å². The summed E-state index contributed by atoms with van der Waals surface area (Å²) in [6.45, 7) is 4.64. The number of benzene rings is 1. The van der Waals surface area contributed by atoms with E-state index in [9.17, 15) is 4.79 Å². The van der Waals surface area contributed by atoms with E-state index in [1.165, 1.54) is 24.8 Å². The zero-order valence-corrected chi connectivity index (χ0v) is 11.9. The third kappa shape index (κ3) is 3.98. The van der Waals surface area contributed by atoms with Gasteiger partial charge in [-0.1, -0.05) is 38.0 Å². The monoisotopic (exact) mass is 260 g/mol. The van der Waals surface area contributed by atoms with Crippen molar-refractivity contribution in [3.8, 4) is 0 Å². The topological polar surface area (TPSA) is 41.1 Å². The van der Waals surface area contributed by atoms with Crippen LogP contribution in [0.4, 0.5) is 5.69 Å². The fourth-order valence-corrected chi connectivity index (χ4v) is 2.74. The highest BCUT2D eigenvalue weighted by Gasteiger charge is 2.22. The van der Waals surface area contributed by atoms with Crippen molar-refractivity contribution in [3.05, 3.63) is 29.8 Å². The Morgan fingerprint density at radius 3 is 2.74 bits per heavy atom. The van der Waals surface area contributed by atoms with Gasteiger partial charge in [0.15, 0.2) is 0 Å². The lowest BCUT2D eigenvalue weighted by atomic mass is 9.86. The van der Waals surface area contributed by atoms with Crippen molar-refractivity contribution in [1.82, 2.24) is 5.32 Å². The second-order valence-corrected chi connectivity index (χ2v) is 5.60. The van der Waals surface area contributed by atoms with E-state index in [-0.39, 0.29) is 5.91 Å². The standard InChI is InChI=1S/C16H24N2O/c1-12-7-3-5-9-14(12)17-11-16(19)18-15-10-6-4-8-13(15)2/h3,5,7,9,13,15,17H,4,6,8,10-11H2,1-2H3,(H,18,19). The lowest BCUT2D eigenvalue weighted by Crippen LogP contribution is -2.43. The van der Waals surface area contributed by atoms with Gasteiger partial charge < -0.3 is 10.6 Å². The van der Waals surface area contributed by atoms with Gasteiger partial charge in [-0.2, -0.15) is 0 Å². The van der Waals surface area contributed by atoms with Gasteiger partial charge in [-0.25, -0.2) is 0 Å². The van der Waals surface area contributed by atoms with E-state index >= 15 is 0 Å². The molecule has 3 nitrogen and oxygen atoms in total. The fraction of sp³-hybridized carbons (Fsp3) is 0.562. The Hall–Kier alpha value is -1.51. The third-order valence-corrected chi connectivity index (χ3v) is 4.04. The smallest absolute Gasteiger partial charge is 0.239 e. The van der Waals surface area contributed by atoms with Crippen molar-refractivity contribution in [2.75, 3.05) is 11.9 Å². The number of carbonyl (C=O) groups excluding carboxylic acids is 1. The van der Waals surface area contributed by atoms with E-state index in [0.717, 1.165) is 12.1 Å². The summed E-state index contributed by atoms with van der Waals surface area (Å²) in [6, 6.07) is 8.40. The summed E-state index contributed by atoms with van der Waals surface area (Å²) in [5, 5.41) is 6.36. The van der Waals surface area contributed by atoms with Crippen molar-refractivity contribution in [1.29, 1.82) is 0 Å². The summed E-state index contributed by atoms with van der Waals surface area (Å²) in [4.78, 5) is 12.0. The molecule has 0 bridgehead atoms. The summed E-state index contributed by atoms with van der Waals surface area (Å²) in [7, 11) is 0. The number of carbonyl (C=O) groups is 1. The second kappa shape index (κ2) is 6.60. The zero-order valence-electron chi connectivity index (χ0n) is 11.9. The van der Waals surface area contributed by atoms with Crippen molar-refractivity contribution < 1.29 is 4.79 Å². The summed E-state index contributed by atoms with van der Waals surface area (Å²) >= 11 is 0. The van der Waals surface area contributed by atoms with Gasteiger partial charge in [0, 0.05) is 11.7 Å². The van der Waals surface area contributed by atoms with Gasteiger partial charge in [-0.15, -0.1) is 0 Å². The second-order valence-electron chi connectivity index (χ2n) is 5.60. The molecule has 1 aliphatic rings. The molecule has 1 aromatic carbocycles. The maximum atomic E-state index is 12.0. The highest BCUT2D eigenvalue weighted by atomic mass is 16.1. The number of anilines is 1.